The Bertz CT molecular complexity index is 791. The quantitative estimate of drug-likeness (QED) is 0.774. The lowest BCUT2D eigenvalue weighted by molar-refractivity contribution is 0.0929. The summed E-state index contributed by atoms with van der Waals surface area (Å²) in [7, 11) is 0. The molecule has 1 aliphatic heterocycles. The summed E-state index contributed by atoms with van der Waals surface area (Å²) in [5, 5.41) is 11.7. The SMILES string of the molecule is OC(Cc1ccccc1)C1CCN(c2ccc3cc[nH]c3n2)CC1. The van der Waals surface area contributed by atoms with Crippen molar-refractivity contribution in [2.45, 2.75) is 25.4 Å². The number of benzene rings is 1. The van der Waals surface area contributed by atoms with E-state index in [1.54, 1.807) is 0 Å². The monoisotopic (exact) mass is 321 g/mol. The first-order chi connectivity index (χ1) is 11.8. The molecule has 124 valence electrons. The van der Waals surface area contributed by atoms with Crippen molar-refractivity contribution in [1.29, 1.82) is 0 Å². The molecule has 0 aliphatic carbocycles. The van der Waals surface area contributed by atoms with Gasteiger partial charge in [-0.15, -0.1) is 0 Å². The Morgan fingerprint density at radius 3 is 2.67 bits per heavy atom. The van der Waals surface area contributed by atoms with E-state index in [0.29, 0.717) is 5.92 Å². The molecular formula is C20H23N3O. The molecule has 0 bridgehead atoms. The average molecular weight is 321 g/mol. The molecule has 1 fully saturated rings. The van der Waals surface area contributed by atoms with Crippen LogP contribution in [0.15, 0.2) is 54.7 Å². The third-order valence-electron chi connectivity index (χ3n) is 5.09. The van der Waals surface area contributed by atoms with E-state index in [1.807, 2.05) is 30.5 Å². The van der Waals surface area contributed by atoms with Crippen LogP contribution in [0, 0.1) is 5.92 Å². The average Bonchev–Trinajstić information content (AvgIpc) is 3.10. The Morgan fingerprint density at radius 2 is 1.88 bits per heavy atom. The summed E-state index contributed by atoms with van der Waals surface area (Å²) < 4.78 is 0. The van der Waals surface area contributed by atoms with Gasteiger partial charge in [-0.3, -0.25) is 0 Å². The summed E-state index contributed by atoms with van der Waals surface area (Å²) >= 11 is 0. The van der Waals surface area contributed by atoms with Gasteiger partial charge in [-0.25, -0.2) is 4.98 Å². The molecule has 1 atom stereocenters. The number of aliphatic hydroxyl groups excluding tert-OH is 1. The molecule has 0 amide bonds. The lowest BCUT2D eigenvalue weighted by Gasteiger charge is -2.35. The van der Waals surface area contributed by atoms with Gasteiger partial charge in [0, 0.05) is 24.7 Å². The summed E-state index contributed by atoms with van der Waals surface area (Å²) in [6, 6.07) is 16.5. The summed E-state index contributed by atoms with van der Waals surface area (Å²) in [6.07, 6.45) is 4.44. The number of nitrogens with zero attached hydrogens (tertiary/aromatic N) is 2. The summed E-state index contributed by atoms with van der Waals surface area (Å²) in [4.78, 5) is 10.2. The van der Waals surface area contributed by atoms with E-state index in [4.69, 9.17) is 4.98 Å². The predicted octanol–water partition coefficient (Wildman–Crippen LogP) is 3.38. The maximum atomic E-state index is 10.6. The first-order valence-electron chi connectivity index (χ1n) is 8.71. The van der Waals surface area contributed by atoms with Crippen molar-refractivity contribution in [3.8, 4) is 0 Å². The maximum absolute atomic E-state index is 10.6. The van der Waals surface area contributed by atoms with Gasteiger partial charge in [-0.1, -0.05) is 30.3 Å². The van der Waals surface area contributed by atoms with Crippen molar-refractivity contribution in [3.63, 3.8) is 0 Å². The molecule has 1 aromatic carbocycles. The number of H-pyrrole nitrogens is 1. The van der Waals surface area contributed by atoms with Crippen molar-refractivity contribution in [2.24, 2.45) is 5.92 Å². The summed E-state index contributed by atoms with van der Waals surface area (Å²) in [5.74, 6) is 1.40. The van der Waals surface area contributed by atoms with Crippen molar-refractivity contribution < 1.29 is 5.11 Å². The fourth-order valence-electron chi connectivity index (χ4n) is 3.63. The number of aromatic nitrogens is 2. The van der Waals surface area contributed by atoms with Gasteiger partial charge in [-0.2, -0.15) is 0 Å². The number of hydrogen-bond donors (Lipinski definition) is 2. The highest BCUT2D eigenvalue weighted by Crippen LogP contribution is 2.26. The number of pyridine rings is 1. The fourth-order valence-corrected chi connectivity index (χ4v) is 3.63. The molecule has 1 aliphatic rings. The van der Waals surface area contributed by atoms with Gasteiger partial charge in [0.15, 0.2) is 0 Å². The van der Waals surface area contributed by atoms with E-state index < -0.39 is 0 Å². The second-order valence-electron chi connectivity index (χ2n) is 6.67. The topological polar surface area (TPSA) is 52.1 Å². The highest BCUT2D eigenvalue weighted by Gasteiger charge is 2.26. The maximum Gasteiger partial charge on any atom is 0.139 e. The molecule has 2 N–H and O–H groups in total. The Kier molecular flexibility index (Phi) is 4.22. The van der Waals surface area contributed by atoms with Crippen LogP contribution >= 0.6 is 0 Å². The zero-order chi connectivity index (χ0) is 16.4. The van der Waals surface area contributed by atoms with Gasteiger partial charge in [0.25, 0.3) is 0 Å². The van der Waals surface area contributed by atoms with Crippen molar-refractivity contribution in [2.75, 3.05) is 18.0 Å². The molecule has 4 heteroatoms. The second-order valence-corrected chi connectivity index (χ2v) is 6.67. The van der Waals surface area contributed by atoms with Gasteiger partial charge >= 0.3 is 0 Å². The molecule has 2 aromatic heterocycles. The molecule has 1 unspecified atom stereocenters. The molecule has 4 nitrogen and oxygen atoms in total. The molecule has 1 saturated heterocycles. The highest BCUT2D eigenvalue weighted by molar-refractivity contribution is 5.77. The lowest BCUT2D eigenvalue weighted by Crippen LogP contribution is -2.38. The first-order valence-corrected chi connectivity index (χ1v) is 8.71. The van der Waals surface area contributed by atoms with E-state index in [0.717, 1.165) is 49.2 Å². The Labute approximate surface area is 142 Å². The molecule has 0 spiro atoms. The van der Waals surface area contributed by atoms with Gasteiger partial charge < -0.3 is 15.0 Å². The number of hydrogen-bond acceptors (Lipinski definition) is 3. The van der Waals surface area contributed by atoms with Crippen LogP contribution < -0.4 is 4.90 Å². The van der Waals surface area contributed by atoms with Crippen LogP contribution in [0.25, 0.3) is 11.0 Å². The normalized spacial score (nSPS) is 17.3. The lowest BCUT2D eigenvalue weighted by atomic mass is 9.88. The van der Waals surface area contributed by atoms with Crippen molar-refractivity contribution in [1.82, 2.24) is 9.97 Å². The minimum absolute atomic E-state index is 0.256. The zero-order valence-electron chi connectivity index (χ0n) is 13.7. The third kappa shape index (κ3) is 3.15. The third-order valence-corrected chi connectivity index (χ3v) is 5.09. The summed E-state index contributed by atoms with van der Waals surface area (Å²) in [5.41, 5.74) is 2.16. The molecule has 0 saturated carbocycles. The van der Waals surface area contributed by atoms with E-state index in [-0.39, 0.29) is 6.10 Å². The number of rotatable bonds is 4. The van der Waals surface area contributed by atoms with Crippen LogP contribution in [-0.4, -0.2) is 34.3 Å². The van der Waals surface area contributed by atoms with E-state index in [1.165, 1.54) is 5.56 Å². The second kappa shape index (κ2) is 6.65. The van der Waals surface area contributed by atoms with Crippen molar-refractivity contribution >= 4 is 16.9 Å². The predicted molar refractivity (Wildman–Crippen MR) is 97.2 cm³/mol. The van der Waals surface area contributed by atoms with Gasteiger partial charge in [-0.05, 0) is 48.9 Å². The number of aromatic amines is 1. The largest absolute Gasteiger partial charge is 0.392 e. The van der Waals surface area contributed by atoms with Crippen LogP contribution in [0.5, 0.6) is 0 Å². The van der Waals surface area contributed by atoms with Gasteiger partial charge in [0.05, 0.1) is 6.10 Å². The Hall–Kier alpha value is -2.33. The minimum Gasteiger partial charge on any atom is -0.392 e. The van der Waals surface area contributed by atoms with E-state index in [2.05, 4.69) is 34.1 Å². The Morgan fingerprint density at radius 1 is 1.08 bits per heavy atom. The fraction of sp³-hybridized carbons (Fsp3) is 0.350. The highest BCUT2D eigenvalue weighted by atomic mass is 16.3. The van der Waals surface area contributed by atoms with Gasteiger partial charge in [0.1, 0.15) is 11.5 Å². The molecule has 3 heterocycles. The van der Waals surface area contributed by atoms with Crippen LogP contribution in [0.2, 0.25) is 0 Å². The van der Waals surface area contributed by atoms with Crippen LogP contribution in [0.1, 0.15) is 18.4 Å². The number of fused-ring (bicyclic) bond motifs is 1. The van der Waals surface area contributed by atoms with Gasteiger partial charge in [0.2, 0.25) is 0 Å². The zero-order valence-corrected chi connectivity index (χ0v) is 13.7. The van der Waals surface area contributed by atoms with Crippen LogP contribution in [-0.2, 0) is 6.42 Å². The van der Waals surface area contributed by atoms with E-state index >= 15 is 0 Å². The number of anilines is 1. The summed E-state index contributed by atoms with van der Waals surface area (Å²) in [6.45, 7) is 1.91. The van der Waals surface area contributed by atoms with E-state index in [9.17, 15) is 5.11 Å². The molecule has 0 radical (unpaired) electrons. The van der Waals surface area contributed by atoms with Crippen LogP contribution in [0.3, 0.4) is 0 Å². The number of aliphatic hydroxyl groups is 1. The molecular weight excluding hydrogens is 298 g/mol. The molecule has 3 aromatic rings. The smallest absolute Gasteiger partial charge is 0.139 e. The number of nitrogens with one attached hydrogen (secondary N) is 1. The minimum atomic E-state index is -0.256. The standard InChI is InChI=1S/C20H23N3O/c24-18(14-15-4-2-1-3-5-15)16-9-12-23(13-10-16)19-7-6-17-8-11-21-20(17)22-19/h1-8,11,16,18,24H,9-10,12-14H2,(H,21,22). The van der Waals surface area contributed by atoms with Crippen molar-refractivity contribution in [3.05, 3.63) is 60.3 Å². The Balaban J connectivity index is 1.37. The number of piperidine rings is 1. The first kappa shape index (κ1) is 15.2. The molecule has 4 rings (SSSR count). The molecule has 24 heavy (non-hydrogen) atoms. The van der Waals surface area contributed by atoms with Crippen LogP contribution in [0.4, 0.5) is 5.82 Å².